The maximum absolute atomic E-state index is 11.8. The van der Waals surface area contributed by atoms with Gasteiger partial charge in [0.05, 0.1) is 13.2 Å². The summed E-state index contributed by atoms with van der Waals surface area (Å²) in [7, 11) is 1.25. The van der Waals surface area contributed by atoms with Gasteiger partial charge in [0.2, 0.25) is 0 Å². The van der Waals surface area contributed by atoms with E-state index in [4.69, 9.17) is 16.7 Å². The van der Waals surface area contributed by atoms with Gasteiger partial charge in [-0.3, -0.25) is 4.90 Å². The molecule has 0 radical (unpaired) electrons. The number of carboxylic acid groups (broad SMARTS) is 1. The van der Waals surface area contributed by atoms with Crippen LogP contribution in [0.1, 0.15) is 24.4 Å². The van der Waals surface area contributed by atoms with Crippen LogP contribution >= 0.6 is 11.6 Å². The number of aliphatic carboxylic acids is 1. The highest BCUT2D eigenvalue weighted by molar-refractivity contribution is 6.30. The summed E-state index contributed by atoms with van der Waals surface area (Å²) in [5.41, 5.74) is 0.860. The van der Waals surface area contributed by atoms with Crippen LogP contribution in [0, 0.1) is 0 Å². The summed E-state index contributed by atoms with van der Waals surface area (Å²) in [6.07, 6.45) is 0.385. The van der Waals surface area contributed by atoms with Crippen LogP contribution in [0.3, 0.4) is 0 Å². The smallest absolute Gasteiger partial charge is 0.410 e. The molecule has 0 saturated carbocycles. The molecule has 1 aromatic rings. The molecule has 2 rings (SSSR count). The van der Waals surface area contributed by atoms with E-state index in [2.05, 4.69) is 4.74 Å². The number of hydrogen-bond donors (Lipinski definition) is 1. The molecule has 1 amide bonds. The fourth-order valence-electron chi connectivity index (χ4n) is 2.43. The molecule has 1 N–H and O–H groups in total. The molecule has 2 atom stereocenters. The topological polar surface area (TPSA) is 66.8 Å². The molecule has 0 spiro atoms. The lowest BCUT2D eigenvalue weighted by atomic mass is 10.1. The van der Waals surface area contributed by atoms with Crippen LogP contribution in [0.2, 0.25) is 5.02 Å². The largest absolute Gasteiger partial charge is 0.480 e. The molecule has 1 saturated heterocycles. The first kappa shape index (κ1) is 13.7. The number of methoxy groups -OCH3 is 1. The van der Waals surface area contributed by atoms with Crippen LogP contribution in [0.25, 0.3) is 0 Å². The van der Waals surface area contributed by atoms with Crippen LogP contribution < -0.4 is 0 Å². The molecule has 0 aromatic heterocycles. The van der Waals surface area contributed by atoms with E-state index in [9.17, 15) is 9.59 Å². The number of ether oxygens (including phenoxy) is 1. The van der Waals surface area contributed by atoms with Crippen LogP contribution in [0.4, 0.5) is 4.79 Å². The third-order valence-corrected chi connectivity index (χ3v) is 3.56. The molecule has 6 heteroatoms. The van der Waals surface area contributed by atoms with Gasteiger partial charge in [-0.15, -0.1) is 0 Å². The quantitative estimate of drug-likeness (QED) is 0.906. The lowest BCUT2D eigenvalue weighted by Gasteiger charge is -2.27. The second-order valence-electron chi connectivity index (χ2n) is 4.38. The predicted molar refractivity (Wildman–Crippen MR) is 69.1 cm³/mol. The number of nitrogens with zero attached hydrogens (tertiary/aromatic N) is 1. The zero-order valence-electron chi connectivity index (χ0n) is 10.4. The molecule has 0 bridgehead atoms. The van der Waals surface area contributed by atoms with E-state index < -0.39 is 18.1 Å². The fraction of sp³-hybridized carbons (Fsp3) is 0.385. The van der Waals surface area contributed by atoms with Crippen molar-refractivity contribution in [1.82, 2.24) is 4.90 Å². The van der Waals surface area contributed by atoms with Gasteiger partial charge in [-0.25, -0.2) is 9.59 Å². The molecule has 1 heterocycles. The van der Waals surface area contributed by atoms with Crippen molar-refractivity contribution in [3.05, 3.63) is 34.9 Å². The summed E-state index contributed by atoms with van der Waals surface area (Å²) in [5, 5.41) is 9.76. The molecule has 1 aromatic carbocycles. The van der Waals surface area contributed by atoms with E-state index in [0.29, 0.717) is 17.9 Å². The third-order valence-electron chi connectivity index (χ3n) is 3.31. The van der Waals surface area contributed by atoms with Crippen LogP contribution in [0.5, 0.6) is 0 Å². The Balaban J connectivity index is 2.31. The fourth-order valence-corrected chi connectivity index (χ4v) is 2.55. The number of carbonyl (C=O) groups excluding carboxylic acids is 1. The average Bonchev–Trinajstić information content (AvgIpc) is 2.83. The molecule has 102 valence electrons. The van der Waals surface area contributed by atoms with Crippen molar-refractivity contribution >= 4 is 23.7 Å². The molecular formula is C13H14ClNO4. The highest BCUT2D eigenvalue weighted by Gasteiger charge is 2.42. The molecule has 0 aliphatic carbocycles. The lowest BCUT2D eigenvalue weighted by Crippen LogP contribution is -2.41. The minimum absolute atomic E-state index is 0.286. The van der Waals surface area contributed by atoms with E-state index in [-0.39, 0.29) is 6.04 Å². The van der Waals surface area contributed by atoms with Gasteiger partial charge in [-0.2, -0.15) is 0 Å². The van der Waals surface area contributed by atoms with Gasteiger partial charge in [-0.05, 0) is 30.5 Å². The highest BCUT2D eigenvalue weighted by Crippen LogP contribution is 2.37. The average molecular weight is 284 g/mol. The predicted octanol–water partition coefficient (Wildman–Crippen LogP) is 2.70. The monoisotopic (exact) mass is 283 g/mol. The maximum atomic E-state index is 11.8. The highest BCUT2D eigenvalue weighted by atomic mass is 35.5. The Bertz CT molecular complexity index is 488. The van der Waals surface area contributed by atoms with Gasteiger partial charge in [0.1, 0.15) is 6.04 Å². The van der Waals surface area contributed by atoms with E-state index in [1.807, 2.05) is 0 Å². The van der Waals surface area contributed by atoms with Gasteiger partial charge in [0.25, 0.3) is 0 Å². The van der Waals surface area contributed by atoms with Crippen molar-refractivity contribution in [2.75, 3.05) is 7.11 Å². The van der Waals surface area contributed by atoms with Gasteiger partial charge in [0, 0.05) is 5.02 Å². The molecule has 1 fully saturated rings. The molecule has 5 nitrogen and oxygen atoms in total. The van der Waals surface area contributed by atoms with Crippen molar-refractivity contribution in [3.8, 4) is 0 Å². The SMILES string of the molecule is COC(=O)N1[C@@H](C(=O)O)CC[C@@H]1c1ccc(Cl)cc1. The Morgan fingerprint density at radius 2 is 1.95 bits per heavy atom. The van der Waals surface area contributed by atoms with E-state index in [0.717, 1.165) is 5.56 Å². The molecule has 19 heavy (non-hydrogen) atoms. The first-order valence-corrected chi connectivity index (χ1v) is 6.27. The number of carbonyl (C=O) groups is 2. The first-order chi connectivity index (χ1) is 9.04. The van der Waals surface area contributed by atoms with Crippen molar-refractivity contribution in [2.45, 2.75) is 24.9 Å². The molecule has 0 unspecified atom stereocenters. The lowest BCUT2D eigenvalue weighted by molar-refractivity contribution is -0.142. The summed E-state index contributed by atoms with van der Waals surface area (Å²) < 4.78 is 4.69. The third kappa shape index (κ3) is 2.66. The number of halogens is 1. The Kier molecular flexibility index (Phi) is 3.95. The first-order valence-electron chi connectivity index (χ1n) is 5.89. The number of amides is 1. The summed E-state index contributed by atoms with van der Waals surface area (Å²) in [4.78, 5) is 24.3. The number of benzene rings is 1. The van der Waals surface area contributed by atoms with Crippen molar-refractivity contribution in [1.29, 1.82) is 0 Å². The molecule has 1 aliphatic rings. The van der Waals surface area contributed by atoms with E-state index in [1.165, 1.54) is 12.0 Å². The molecular weight excluding hydrogens is 270 g/mol. The van der Waals surface area contributed by atoms with Crippen LogP contribution in [0.15, 0.2) is 24.3 Å². The second-order valence-corrected chi connectivity index (χ2v) is 4.81. The number of likely N-dealkylation sites (tertiary alicyclic amines) is 1. The maximum Gasteiger partial charge on any atom is 0.410 e. The second kappa shape index (κ2) is 5.48. The van der Waals surface area contributed by atoms with Crippen molar-refractivity contribution in [3.63, 3.8) is 0 Å². The van der Waals surface area contributed by atoms with Gasteiger partial charge in [0.15, 0.2) is 0 Å². The van der Waals surface area contributed by atoms with Crippen molar-refractivity contribution < 1.29 is 19.4 Å². The Morgan fingerprint density at radius 1 is 1.32 bits per heavy atom. The zero-order valence-corrected chi connectivity index (χ0v) is 11.1. The number of rotatable bonds is 2. The summed E-state index contributed by atoms with van der Waals surface area (Å²) in [5.74, 6) is -1.01. The summed E-state index contributed by atoms with van der Waals surface area (Å²) in [6.45, 7) is 0. The molecule has 1 aliphatic heterocycles. The van der Waals surface area contributed by atoms with E-state index in [1.54, 1.807) is 24.3 Å². The van der Waals surface area contributed by atoms with Crippen LogP contribution in [-0.2, 0) is 9.53 Å². The minimum atomic E-state index is -1.01. The van der Waals surface area contributed by atoms with Crippen molar-refractivity contribution in [2.24, 2.45) is 0 Å². The number of carboxylic acids is 1. The minimum Gasteiger partial charge on any atom is -0.480 e. The van der Waals surface area contributed by atoms with E-state index >= 15 is 0 Å². The normalized spacial score (nSPS) is 22.3. The standard InChI is InChI=1S/C13H14ClNO4/c1-19-13(18)15-10(6-7-11(15)12(16)17)8-2-4-9(14)5-3-8/h2-5,10-11H,6-7H2,1H3,(H,16,17)/t10-,11-/m1/s1. The Labute approximate surface area is 115 Å². The van der Waals surface area contributed by atoms with Gasteiger partial charge < -0.3 is 9.84 Å². The summed E-state index contributed by atoms with van der Waals surface area (Å²) >= 11 is 5.82. The Hall–Kier alpha value is -1.75. The number of hydrogen-bond acceptors (Lipinski definition) is 3. The zero-order chi connectivity index (χ0) is 14.0. The summed E-state index contributed by atoms with van der Waals surface area (Å²) in [6, 6.07) is 5.92. The van der Waals surface area contributed by atoms with Crippen LogP contribution in [-0.4, -0.2) is 35.2 Å². The van der Waals surface area contributed by atoms with Gasteiger partial charge in [-0.1, -0.05) is 23.7 Å². The Morgan fingerprint density at radius 3 is 2.47 bits per heavy atom. The van der Waals surface area contributed by atoms with Gasteiger partial charge >= 0.3 is 12.1 Å².